The zero-order valence-electron chi connectivity index (χ0n) is 9.23. The number of anilines is 1. The van der Waals surface area contributed by atoms with Gasteiger partial charge in [-0.15, -0.1) is 0 Å². The highest BCUT2D eigenvalue weighted by atomic mass is 16.6. The summed E-state index contributed by atoms with van der Waals surface area (Å²) in [6.07, 6.45) is 0.855. The summed E-state index contributed by atoms with van der Waals surface area (Å²) in [5, 5.41) is 22.5. The van der Waals surface area contributed by atoms with Crippen molar-refractivity contribution in [3.63, 3.8) is 0 Å². The van der Waals surface area contributed by atoms with Gasteiger partial charge in [-0.2, -0.15) is 5.26 Å². The molecule has 0 amide bonds. The summed E-state index contributed by atoms with van der Waals surface area (Å²) >= 11 is 0. The van der Waals surface area contributed by atoms with Crippen LogP contribution in [0.4, 0.5) is 11.4 Å². The minimum absolute atomic E-state index is 0.000648. The molecule has 5 heteroatoms. The fraction of sp³-hybridized carbons (Fsp3) is 0.364. The highest BCUT2D eigenvalue weighted by molar-refractivity contribution is 5.64. The first-order valence-electron chi connectivity index (χ1n) is 5.03. The standard InChI is InChI=1S/C11H13N3O2/c1-3-8(2)13-10-6-9(7-12)4-5-11(10)14(15)16/h4-6,8,13H,3H2,1-2H3. The number of nitro groups is 1. The lowest BCUT2D eigenvalue weighted by Crippen LogP contribution is -2.14. The van der Waals surface area contributed by atoms with Gasteiger partial charge < -0.3 is 5.32 Å². The van der Waals surface area contributed by atoms with E-state index < -0.39 is 4.92 Å². The summed E-state index contributed by atoms with van der Waals surface area (Å²) < 4.78 is 0. The number of rotatable bonds is 4. The monoisotopic (exact) mass is 219 g/mol. The topological polar surface area (TPSA) is 79.0 Å². The molecule has 1 N–H and O–H groups in total. The molecule has 0 aromatic heterocycles. The molecule has 0 saturated carbocycles. The summed E-state index contributed by atoms with van der Waals surface area (Å²) in [7, 11) is 0. The maximum Gasteiger partial charge on any atom is 0.292 e. The number of hydrogen-bond acceptors (Lipinski definition) is 4. The van der Waals surface area contributed by atoms with Gasteiger partial charge in [0.2, 0.25) is 0 Å². The third-order valence-electron chi connectivity index (χ3n) is 2.34. The number of hydrogen-bond donors (Lipinski definition) is 1. The molecule has 0 fully saturated rings. The van der Waals surface area contributed by atoms with Crippen LogP contribution in [0.5, 0.6) is 0 Å². The average molecular weight is 219 g/mol. The Balaban J connectivity index is 3.11. The molecule has 1 aromatic rings. The van der Waals surface area contributed by atoms with E-state index in [1.165, 1.54) is 18.2 Å². The molecule has 1 unspecified atom stereocenters. The van der Waals surface area contributed by atoms with Crippen LogP contribution in [0.15, 0.2) is 18.2 Å². The van der Waals surface area contributed by atoms with Gasteiger partial charge in [0, 0.05) is 12.1 Å². The molecule has 84 valence electrons. The van der Waals surface area contributed by atoms with Crippen LogP contribution in [0, 0.1) is 21.4 Å². The summed E-state index contributed by atoms with van der Waals surface area (Å²) in [5.41, 5.74) is 0.814. The van der Waals surface area contributed by atoms with Crippen molar-refractivity contribution in [2.75, 3.05) is 5.32 Å². The highest BCUT2D eigenvalue weighted by Crippen LogP contribution is 2.26. The molecule has 0 saturated heterocycles. The van der Waals surface area contributed by atoms with E-state index >= 15 is 0 Å². The van der Waals surface area contributed by atoms with Gasteiger partial charge in [0.05, 0.1) is 16.6 Å². The van der Waals surface area contributed by atoms with Crippen molar-refractivity contribution in [2.45, 2.75) is 26.3 Å². The molecule has 0 aliphatic rings. The second-order valence-electron chi connectivity index (χ2n) is 3.55. The maximum atomic E-state index is 10.8. The Morgan fingerprint density at radius 1 is 1.62 bits per heavy atom. The lowest BCUT2D eigenvalue weighted by Gasteiger charge is -2.12. The van der Waals surface area contributed by atoms with Gasteiger partial charge in [-0.1, -0.05) is 6.92 Å². The lowest BCUT2D eigenvalue weighted by atomic mass is 10.1. The van der Waals surface area contributed by atoms with Gasteiger partial charge in [0.15, 0.2) is 0 Å². The Labute approximate surface area is 93.9 Å². The van der Waals surface area contributed by atoms with E-state index in [4.69, 9.17) is 5.26 Å². The molecule has 5 nitrogen and oxygen atoms in total. The van der Waals surface area contributed by atoms with Crippen molar-refractivity contribution in [1.82, 2.24) is 0 Å². The van der Waals surface area contributed by atoms with Crippen LogP contribution in [0.1, 0.15) is 25.8 Å². The average Bonchev–Trinajstić information content (AvgIpc) is 2.28. The fourth-order valence-electron chi connectivity index (χ4n) is 1.25. The van der Waals surface area contributed by atoms with E-state index in [0.717, 1.165) is 6.42 Å². The zero-order chi connectivity index (χ0) is 12.1. The molecule has 16 heavy (non-hydrogen) atoms. The van der Waals surface area contributed by atoms with Gasteiger partial charge >= 0.3 is 0 Å². The fourth-order valence-corrected chi connectivity index (χ4v) is 1.25. The lowest BCUT2D eigenvalue weighted by molar-refractivity contribution is -0.384. The third kappa shape index (κ3) is 2.70. The van der Waals surface area contributed by atoms with Crippen molar-refractivity contribution >= 4 is 11.4 Å². The second-order valence-corrected chi connectivity index (χ2v) is 3.55. The predicted octanol–water partition coefficient (Wildman–Crippen LogP) is 2.68. The number of nitro benzene ring substituents is 1. The Hall–Kier alpha value is -2.09. The first-order chi connectivity index (χ1) is 7.58. The minimum atomic E-state index is -0.453. The Bertz CT molecular complexity index is 437. The molecule has 1 atom stereocenters. The minimum Gasteiger partial charge on any atom is -0.377 e. The molecular formula is C11H13N3O2. The largest absolute Gasteiger partial charge is 0.377 e. The molecule has 0 bridgehead atoms. The maximum absolute atomic E-state index is 10.8. The van der Waals surface area contributed by atoms with Crippen molar-refractivity contribution in [3.05, 3.63) is 33.9 Å². The van der Waals surface area contributed by atoms with E-state index in [0.29, 0.717) is 11.3 Å². The zero-order valence-corrected chi connectivity index (χ0v) is 9.23. The van der Waals surface area contributed by atoms with Crippen LogP contribution in [-0.2, 0) is 0 Å². The van der Waals surface area contributed by atoms with Crippen molar-refractivity contribution < 1.29 is 4.92 Å². The van der Waals surface area contributed by atoms with Crippen molar-refractivity contribution in [2.24, 2.45) is 0 Å². The number of benzene rings is 1. The SMILES string of the molecule is CCC(C)Nc1cc(C#N)ccc1[N+](=O)[O-]. The van der Waals surface area contributed by atoms with Gasteiger partial charge in [0.1, 0.15) is 5.69 Å². The number of nitrogens with one attached hydrogen (secondary N) is 1. The van der Waals surface area contributed by atoms with Gasteiger partial charge in [-0.25, -0.2) is 0 Å². The molecule has 0 aliphatic heterocycles. The van der Waals surface area contributed by atoms with Gasteiger partial charge in [-0.05, 0) is 25.5 Å². The van der Waals surface area contributed by atoms with Crippen molar-refractivity contribution in [1.29, 1.82) is 5.26 Å². The van der Waals surface area contributed by atoms with E-state index in [1.807, 2.05) is 19.9 Å². The van der Waals surface area contributed by atoms with E-state index in [2.05, 4.69) is 5.32 Å². The normalized spacial score (nSPS) is 11.6. The molecule has 1 aromatic carbocycles. The van der Waals surface area contributed by atoms with Crippen LogP contribution in [-0.4, -0.2) is 11.0 Å². The Morgan fingerprint density at radius 3 is 2.81 bits per heavy atom. The number of nitrogens with zero attached hydrogens (tertiary/aromatic N) is 2. The Morgan fingerprint density at radius 2 is 2.31 bits per heavy atom. The van der Waals surface area contributed by atoms with Crippen LogP contribution < -0.4 is 5.32 Å². The summed E-state index contributed by atoms with van der Waals surface area (Å²) in [5.74, 6) is 0. The molecular weight excluding hydrogens is 206 g/mol. The third-order valence-corrected chi connectivity index (χ3v) is 2.34. The van der Waals surface area contributed by atoms with Crippen LogP contribution in [0.3, 0.4) is 0 Å². The van der Waals surface area contributed by atoms with Crippen molar-refractivity contribution in [3.8, 4) is 6.07 Å². The summed E-state index contributed by atoms with van der Waals surface area (Å²) in [6.45, 7) is 3.92. The number of nitriles is 1. The highest BCUT2D eigenvalue weighted by Gasteiger charge is 2.15. The van der Waals surface area contributed by atoms with Crippen LogP contribution >= 0.6 is 0 Å². The van der Waals surface area contributed by atoms with E-state index in [1.54, 1.807) is 0 Å². The molecule has 0 aliphatic carbocycles. The molecule has 0 heterocycles. The van der Waals surface area contributed by atoms with Gasteiger partial charge in [-0.3, -0.25) is 10.1 Å². The van der Waals surface area contributed by atoms with E-state index in [-0.39, 0.29) is 11.7 Å². The predicted molar refractivity (Wildman–Crippen MR) is 61.2 cm³/mol. The molecule has 1 rings (SSSR count). The summed E-state index contributed by atoms with van der Waals surface area (Å²) in [4.78, 5) is 10.3. The van der Waals surface area contributed by atoms with Gasteiger partial charge in [0.25, 0.3) is 5.69 Å². The Kier molecular flexibility index (Phi) is 3.84. The first-order valence-corrected chi connectivity index (χ1v) is 5.03. The second kappa shape index (κ2) is 5.12. The summed E-state index contributed by atoms with van der Waals surface area (Å²) in [6, 6.07) is 6.39. The van der Waals surface area contributed by atoms with E-state index in [9.17, 15) is 10.1 Å². The smallest absolute Gasteiger partial charge is 0.292 e. The first kappa shape index (κ1) is 12.0. The molecule has 0 spiro atoms. The van der Waals surface area contributed by atoms with Crippen LogP contribution in [0.25, 0.3) is 0 Å². The van der Waals surface area contributed by atoms with Crippen LogP contribution in [0.2, 0.25) is 0 Å². The quantitative estimate of drug-likeness (QED) is 0.623. The molecule has 0 radical (unpaired) electrons.